The van der Waals surface area contributed by atoms with Crippen molar-refractivity contribution in [3.63, 3.8) is 0 Å². The number of aromatic nitrogens is 1. The Morgan fingerprint density at radius 1 is 1.21 bits per heavy atom. The minimum Gasteiger partial charge on any atom is -0.486 e. The second-order valence-electron chi connectivity index (χ2n) is 6.24. The monoisotopic (exact) mass is 450 g/mol. The Hall–Kier alpha value is -1.97. The Morgan fingerprint density at radius 3 is 2.66 bits per heavy atom. The number of nitrogens with zero attached hydrogens (tertiary/aromatic N) is 2. The first-order valence-electron chi connectivity index (χ1n) is 9.02. The molecule has 0 saturated carbocycles. The summed E-state index contributed by atoms with van der Waals surface area (Å²) in [5.74, 6) is 2.05. The van der Waals surface area contributed by atoms with Gasteiger partial charge in [-0.05, 0) is 30.5 Å². The smallest absolute Gasteiger partial charge is 0.258 e. The molecule has 0 fully saturated rings. The van der Waals surface area contributed by atoms with E-state index in [2.05, 4.69) is 15.8 Å². The molecule has 5 nitrogen and oxygen atoms in total. The second kappa shape index (κ2) is 9.23. The van der Waals surface area contributed by atoms with Crippen LogP contribution in [0.15, 0.2) is 46.3 Å². The Bertz CT molecular complexity index is 1090. The number of aryl methyl sites for hydroxylation is 1. The maximum atomic E-state index is 13.0. The van der Waals surface area contributed by atoms with Gasteiger partial charge in [0.1, 0.15) is 19.0 Å². The summed E-state index contributed by atoms with van der Waals surface area (Å²) in [6, 6.07) is 10.0. The average Bonchev–Trinajstić information content (AvgIpc) is 3.05. The highest BCUT2D eigenvalue weighted by Gasteiger charge is 2.16. The topological polar surface area (TPSA) is 52.8 Å². The van der Waals surface area contributed by atoms with E-state index >= 15 is 0 Å². The van der Waals surface area contributed by atoms with Crippen molar-refractivity contribution in [2.45, 2.75) is 11.4 Å². The molecular formula is C20H19FN2O3S3. The third-order valence-electron chi connectivity index (χ3n) is 4.26. The van der Waals surface area contributed by atoms with Gasteiger partial charge in [0.25, 0.3) is 5.91 Å². The Labute approximate surface area is 179 Å². The van der Waals surface area contributed by atoms with Crippen LogP contribution in [0.1, 0.15) is 0 Å². The number of thioether (sulfide) groups is 2. The number of rotatable bonds is 6. The molecule has 0 aliphatic carbocycles. The van der Waals surface area contributed by atoms with E-state index in [4.69, 9.17) is 9.47 Å². The van der Waals surface area contributed by atoms with E-state index in [9.17, 15) is 9.18 Å². The maximum Gasteiger partial charge on any atom is 0.258 e. The van der Waals surface area contributed by atoms with E-state index in [0.29, 0.717) is 18.0 Å². The molecule has 4 rings (SSSR count). The number of amides is 1. The molecule has 1 amide bonds. The number of carbonyl (C=O) groups excluding carboxylic acids is 1. The van der Waals surface area contributed by atoms with Crippen molar-refractivity contribution in [3.8, 4) is 11.5 Å². The molecule has 0 spiro atoms. The fraction of sp³-hybridized carbons (Fsp3) is 0.300. The molecule has 152 valence electrons. The molecule has 0 radical (unpaired) electrons. The van der Waals surface area contributed by atoms with E-state index in [-0.39, 0.29) is 17.5 Å². The Kier molecular flexibility index (Phi) is 6.46. The van der Waals surface area contributed by atoms with Crippen molar-refractivity contribution in [3.05, 3.63) is 47.0 Å². The lowest BCUT2D eigenvalue weighted by molar-refractivity contribution is -0.115. The van der Waals surface area contributed by atoms with Crippen molar-refractivity contribution >= 4 is 51.0 Å². The highest BCUT2D eigenvalue weighted by molar-refractivity contribution is 8.00. The van der Waals surface area contributed by atoms with Crippen LogP contribution in [0.5, 0.6) is 11.5 Å². The molecule has 0 saturated heterocycles. The highest BCUT2D eigenvalue weighted by atomic mass is 32.2. The number of fused-ring (bicyclic) bond motifs is 2. The normalized spacial score (nSPS) is 13.8. The zero-order valence-electron chi connectivity index (χ0n) is 15.7. The van der Waals surface area contributed by atoms with Crippen LogP contribution in [0.4, 0.5) is 4.39 Å². The fourth-order valence-corrected chi connectivity index (χ4v) is 5.04. The predicted molar refractivity (Wildman–Crippen MR) is 117 cm³/mol. The first-order chi connectivity index (χ1) is 14.1. The van der Waals surface area contributed by atoms with Crippen LogP contribution in [-0.4, -0.2) is 41.4 Å². The largest absolute Gasteiger partial charge is 0.486 e. The molecule has 2 aromatic carbocycles. The highest BCUT2D eigenvalue weighted by Crippen LogP contribution is 2.35. The molecule has 1 aliphatic rings. The molecule has 0 N–H and O–H groups in total. The molecule has 1 aromatic heterocycles. The molecule has 0 unspecified atom stereocenters. The average molecular weight is 451 g/mol. The van der Waals surface area contributed by atoms with Crippen LogP contribution in [0.25, 0.3) is 10.2 Å². The third kappa shape index (κ3) is 4.79. The van der Waals surface area contributed by atoms with Gasteiger partial charge in [0.05, 0.1) is 16.0 Å². The van der Waals surface area contributed by atoms with E-state index in [1.165, 1.54) is 35.2 Å². The van der Waals surface area contributed by atoms with E-state index in [1.807, 2.05) is 12.1 Å². The molecule has 0 atom stereocenters. The van der Waals surface area contributed by atoms with Crippen LogP contribution in [-0.2, 0) is 11.3 Å². The zero-order valence-corrected chi connectivity index (χ0v) is 18.2. The number of benzene rings is 2. The van der Waals surface area contributed by atoms with Gasteiger partial charge in [0.15, 0.2) is 16.3 Å². The lowest BCUT2D eigenvalue weighted by atomic mass is 10.2. The van der Waals surface area contributed by atoms with Gasteiger partial charge < -0.3 is 14.0 Å². The van der Waals surface area contributed by atoms with E-state index in [0.717, 1.165) is 38.9 Å². The van der Waals surface area contributed by atoms with E-state index < -0.39 is 0 Å². The minimum atomic E-state index is -0.291. The van der Waals surface area contributed by atoms with Gasteiger partial charge in [0, 0.05) is 29.3 Å². The first kappa shape index (κ1) is 20.3. The van der Waals surface area contributed by atoms with Gasteiger partial charge in [-0.2, -0.15) is 16.8 Å². The third-order valence-corrected chi connectivity index (χ3v) is 6.89. The first-order valence-corrected chi connectivity index (χ1v) is 12.2. The summed E-state index contributed by atoms with van der Waals surface area (Å²) in [6.45, 7) is 1.81. The molecular weight excluding hydrogens is 431 g/mol. The van der Waals surface area contributed by atoms with Gasteiger partial charge in [-0.25, -0.2) is 4.39 Å². The number of ether oxygens (including phenoxy) is 2. The Balaban J connectivity index is 1.63. The van der Waals surface area contributed by atoms with Crippen molar-refractivity contribution < 1.29 is 18.7 Å². The maximum absolute atomic E-state index is 13.0. The van der Waals surface area contributed by atoms with Gasteiger partial charge in [-0.15, -0.1) is 11.8 Å². The summed E-state index contributed by atoms with van der Waals surface area (Å²) in [4.78, 5) is 18.4. The van der Waals surface area contributed by atoms with Gasteiger partial charge in [-0.1, -0.05) is 11.3 Å². The van der Waals surface area contributed by atoms with Crippen LogP contribution < -0.4 is 14.3 Å². The number of hydrogen-bond donors (Lipinski definition) is 0. The summed E-state index contributed by atoms with van der Waals surface area (Å²) in [7, 11) is 0. The van der Waals surface area contributed by atoms with Crippen molar-refractivity contribution in [1.29, 1.82) is 0 Å². The van der Waals surface area contributed by atoms with Gasteiger partial charge in [0.2, 0.25) is 0 Å². The Morgan fingerprint density at radius 2 is 1.93 bits per heavy atom. The second-order valence-corrected chi connectivity index (χ2v) is 9.28. The number of carbonyl (C=O) groups is 1. The van der Waals surface area contributed by atoms with Crippen LogP contribution in [0.3, 0.4) is 0 Å². The standard InChI is InChI=1S/C20H19FN2O3S3/c1-27-9-6-23-15-10-16-17(26-8-7-25-16)11-18(15)29-20(23)22-19(24)12-28-14-4-2-13(21)3-5-14/h2-5,10-11H,6-9,12H2,1H3. The molecule has 0 bridgehead atoms. The quantitative estimate of drug-likeness (QED) is 0.527. The molecule has 3 aromatic rings. The summed E-state index contributed by atoms with van der Waals surface area (Å²) in [5, 5.41) is 0. The molecule has 2 heterocycles. The SMILES string of the molecule is CSCCn1c(=NC(=O)CSc2ccc(F)cc2)sc2cc3c(cc21)OCCO3. The summed E-state index contributed by atoms with van der Waals surface area (Å²) < 4.78 is 27.5. The predicted octanol–water partition coefficient (Wildman–Crippen LogP) is 4.20. The molecule has 1 aliphatic heterocycles. The van der Waals surface area contributed by atoms with Gasteiger partial charge in [-0.3, -0.25) is 4.79 Å². The lowest BCUT2D eigenvalue weighted by Crippen LogP contribution is -2.19. The summed E-state index contributed by atoms with van der Waals surface area (Å²) in [5.41, 5.74) is 0.992. The number of halogens is 1. The molecule has 29 heavy (non-hydrogen) atoms. The zero-order chi connectivity index (χ0) is 20.2. The summed E-state index contributed by atoms with van der Waals surface area (Å²) in [6.07, 6.45) is 2.05. The summed E-state index contributed by atoms with van der Waals surface area (Å²) >= 11 is 4.56. The van der Waals surface area contributed by atoms with E-state index in [1.54, 1.807) is 23.9 Å². The van der Waals surface area contributed by atoms with Crippen LogP contribution in [0.2, 0.25) is 0 Å². The van der Waals surface area contributed by atoms with Crippen LogP contribution in [0, 0.1) is 5.82 Å². The molecule has 9 heteroatoms. The number of thiazole rings is 1. The fourth-order valence-electron chi connectivity index (χ4n) is 2.91. The van der Waals surface area contributed by atoms with Crippen molar-refractivity contribution in [2.24, 2.45) is 4.99 Å². The van der Waals surface area contributed by atoms with Crippen LogP contribution >= 0.6 is 34.9 Å². The number of hydrogen-bond acceptors (Lipinski definition) is 6. The van der Waals surface area contributed by atoms with Crippen molar-refractivity contribution in [1.82, 2.24) is 4.57 Å². The minimum absolute atomic E-state index is 0.200. The lowest BCUT2D eigenvalue weighted by Gasteiger charge is -2.18. The van der Waals surface area contributed by atoms with Crippen molar-refractivity contribution in [2.75, 3.05) is 31.0 Å². The van der Waals surface area contributed by atoms with Gasteiger partial charge >= 0.3 is 0 Å².